The first-order valence-corrected chi connectivity index (χ1v) is 10.8. The summed E-state index contributed by atoms with van der Waals surface area (Å²) in [5.74, 6) is 0.553. The van der Waals surface area contributed by atoms with E-state index in [1.165, 1.54) is 12.0 Å². The van der Waals surface area contributed by atoms with Gasteiger partial charge in [0.05, 0.1) is 19.2 Å². The Morgan fingerprint density at radius 2 is 1.79 bits per heavy atom. The van der Waals surface area contributed by atoms with E-state index in [0.29, 0.717) is 28.5 Å². The Labute approximate surface area is 196 Å². The molecule has 1 unspecified atom stereocenters. The van der Waals surface area contributed by atoms with Crippen LogP contribution in [0.2, 0.25) is 0 Å². The Hall–Kier alpha value is -4.33. The highest BCUT2D eigenvalue weighted by Gasteiger charge is 2.44. The van der Waals surface area contributed by atoms with Gasteiger partial charge in [0, 0.05) is 12.1 Å². The Bertz CT molecular complexity index is 1260. The minimum Gasteiger partial charge on any atom is -0.497 e. The number of nitrogens with zero attached hydrogens (tertiary/aromatic N) is 2. The lowest BCUT2D eigenvalue weighted by Crippen LogP contribution is -2.45. The van der Waals surface area contributed by atoms with Crippen molar-refractivity contribution in [2.75, 3.05) is 18.8 Å². The average Bonchev–Trinajstić information content (AvgIpc) is 3.45. The fourth-order valence-electron chi connectivity index (χ4n) is 4.19. The molecular weight excluding hydrogens is 436 g/mol. The van der Waals surface area contributed by atoms with E-state index >= 15 is 0 Å². The topological polar surface area (TPSA) is 85.4 Å². The van der Waals surface area contributed by atoms with Crippen molar-refractivity contribution < 1.29 is 28.6 Å². The van der Waals surface area contributed by atoms with Crippen LogP contribution in [-0.4, -0.2) is 42.6 Å². The number of carbonyl (C=O) groups excluding carboxylic acids is 3. The molecular formula is C26H22N2O6. The number of methoxy groups -OCH3 is 1. The standard InChI is InChI=1S/C26H22N2O6/c1-32-20-9-5-6-18(13-20)25(30)27(15-17-10-11-22-23(12-17)34-16-33-22)21-14-24(29)28(26(21)31)19-7-3-2-4-8-19/h2-13,21H,14-16H2,1H3. The second-order valence-electron chi connectivity index (χ2n) is 7.98. The van der Waals surface area contributed by atoms with E-state index in [1.807, 2.05) is 12.1 Å². The van der Waals surface area contributed by atoms with Crippen LogP contribution in [0.15, 0.2) is 72.8 Å². The molecule has 0 spiro atoms. The van der Waals surface area contributed by atoms with Gasteiger partial charge >= 0.3 is 0 Å². The van der Waals surface area contributed by atoms with Crippen molar-refractivity contribution in [2.45, 2.75) is 19.0 Å². The van der Waals surface area contributed by atoms with Gasteiger partial charge in [-0.05, 0) is 48.0 Å². The van der Waals surface area contributed by atoms with Crippen molar-refractivity contribution >= 4 is 23.4 Å². The summed E-state index contributed by atoms with van der Waals surface area (Å²) in [6, 6.07) is 19.9. The summed E-state index contributed by atoms with van der Waals surface area (Å²) < 4.78 is 16.1. The van der Waals surface area contributed by atoms with Gasteiger partial charge in [-0.15, -0.1) is 0 Å². The molecule has 8 nitrogen and oxygen atoms in total. The normalized spacial score (nSPS) is 16.6. The monoisotopic (exact) mass is 458 g/mol. The largest absolute Gasteiger partial charge is 0.497 e. The molecule has 0 radical (unpaired) electrons. The van der Waals surface area contributed by atoms with Crippen molar-refractivity contribution in [1.29, 1.82) is 0 Å². The molecule has 0 aliphatic carbocycles. The Kier molecular flexibility index (Phi) is 5.63. The average molecular weight is 458 g/mol. The molecule has 3 amide bonds. The summed E-state index contributed by atoms with van der Waals surface area (Å²) in [5.41, 5.74) is 1.59. The molecule has 5 rings (SSSR count). The highest BCUT2D eigenvalue weighted by molar-refractivity contribution is 6.23. The Morgan fingerprint density at radius 1 is 1.00 bits per heavy atom. The highest BCUT2D eigenvalue weighted by atomic mass is 16.7. The van der Waals surface area contributed by atoms with E-state index in [4.69, 9.17) is 14.2 Å². The number of fused-ring (bicyclic) bond motifs is 1. The molecule has 1 atom stereocenters. The summed E-state index contributed by atoms with van der Waals surface area (Å²) in [7, 11) is 1.52. The fraction of sp³-hybridized carbons (Fsp3) is 0.192. The maximum absolute atomic E-state index is 13.7. The SMILES string of the molecule is COc1cccc(C(=O)N(Cc2ccc3c(c2)OCO3)C2CC(=O)N(c3ccccc3)C2=O)c1. The Morgan fingerprint density at radius 3 is 2.59 bits per heavy atom. The molecule has 1 fully saturated rings. The first-order valence-electron chi connectivity index (χ1n) is 10.8. The van der Waals surface area contributed by atoms with Crippen molar-refractivity contribution in [3.8, 4) is 17.2 Å². The number of amides is 3. The molecule has 0 aromatic heterocycles. The molecule has 0 N–H and O–H groups in total. The van der Waals surface area contributed by atoms with Crippen LogP contribution in [-0.2, 0) is 16.1 Å². The minimum absolute atomic E-state index is 0.103. The molecule has 34 heavy (non-hydrogen) atoms. The van der Waals surface area contributed by atoms with Gasteiger partial charge in [0.2, 0.25) is 12.7 Å². The summed E-state index contributed by atoms with van der Waals surface area (Å²) in [5, 5.41) is 0. The van der Waals surface area contributed by atoms with E-state index in [2.05, 4.69) is 0 Å². The lowest BCUT2D eigenvalue weighted by molar-refractivity contribution is -0.122. The van der Waals surface area contributed by atoms with Crippen LogP contribution in [0.25, 0.3) is 0 Å². The molecule has 172 valence electrons. The van der Waals surface area contributed by atoms with Crippen LogP contribution in [0.4, 0.5) is 5.69 Å². The van der Waals surface area contributed by atoms with Gasteiger partial charge in [0.15, 0.2) is 11.5 Å². The highest BCUT2D eigenvalue weighted by Crippen LogP contribution is 2.34. The van der Waals surface area contributed by atoms with Crippen LogP contribution in [0, 0.1) is 0 Å². The molecule has 3 aromatic carbocycles. The summed E-state index contributed by atoms with van der Waals surface area (Å²) >= 11 is 0. The van der Waals surface area contributed by atoms with Gasteiger partial charge in [0.25, 0.3) is 11.8 Å². The van der Waals surface area contributed by atoms with E-state index in [9.17, 15) is 14.4 Å². The first kappa shape index (κ1) is 21.5. The Balaban J connectivity index is 1.50. The minimum atomic E-state index is -0.947. The predicted molar refractivity (Wildman–Crippen MR) is 123 cm³/mol. The number of imide groups is 1. The molecule has 2 aliphatic rings. The summed E-state index contributed by atoms with van der Waals surface area (Å²) in [6.45, 7) is 0.242. The van der Waals surface area contributed by atoms with Crippen molar-refractivity contribution in [2.24, 2.45) is 0 Å². The third kappa shape index (κ3) is 3.94. The zero-order valence-electron chi connectivity index (χ0n) is 18.5. The summed E-state index contributed by atoms with van der Waals surface area (Å²) in [6.07, 6.45) is -0.103. The van der Waals surface area contributed by atoms with Gasteiger partial charge in [0.1, 0.15) is 11.8 Å². The number of hydrogen-bond acceptors (Lipinski definition) is 6. The summed E-state index contributed by atoms with van der Waals surface area (Å²) in [4.78, 5) is 42.6. The van der Waals surface area contributed by atoms with Crippen LogP contribution in [0.5, 0.6) is 17.2 Å². The van der Waals surface area contributed by atoms with Gasteiger partial charge in [-0.2, -0.15) is 0 Å². The lowest BCUT2D eigenvalue weighted by Gasteiger charge is -2.28. The zero-order valence-corrected chi connectivity index (χ0v) is 18.5. The molecule has 1 saturated heterocycles. The third-order valence-corrected chi connectivity index (χ3v) is 5.88. The van der Waals surface area contributed by atoms with E-state index in [1.54, 1.807) is 60.7 Å². The fourth-order valence-corrected chi connectivity index (χ4v) is 4.19. The van der Waals surface area contributed by atoms with Gasteiger partial charge in [-0.1, -0.05) is 30.3 Å². The molecule has 0 bridgehead atoms. The third-order valence-electron chi connectivity index (χ3n) is 5.88. The van der Waals surface area contributed by atoms with E-state index < -0.39 is 11.9 Å². The first-order chi connectivity index (χ1) is 16.5. The quantitative estimate of drug-likeness (QED) is 0.527. The number of rotatable bonds is 6. The van der Waals surface area contributed by atoms with Gasteiger partial charge < -0.3 is 19.1 Å². The van der Waals surface area contributed by atoms with Crippen molar-refractivity contribution in [3.63, 3.8) is 0 Å². The number of carbonyl (C=O) groups is 3. The van der Waals surface area contributed by atoms with Crippen molar-refractivity contribution in [3.05, 3.63) is 83.9 Å². The predicted octanol–water partition coefficient (Wildman–Crippen LogP) is 3.40. The van der Waals surface area contributed by atoms with Crippen LogP contribution >= 0.6 is 0 Å². The van der Waals surface area contributed by atoms with Crippen LogP contribution in [0.1, 0.15) is 22.3 Å². The zero-order chi connectivity index (χ0) is 23.7. The number of para-hydroxylation sites is 1. The van der Waals surface area contributed by atoms with Crippen molar-refractivity contribution in [1.82, 2.24) is 4.90 Å². The number of anilines is 1. The smallest absolute Gasteiger partial charge is 0.257 e. The lowest BCUT2D eigenvalue weighted by atomic mass is 10.1. The molecule has 3 aromatic rings. The van der Waals surface area contributed by atoms with Crippen LogP contribution in [0.3, 0.4) is 0 Å². The maximum Gasteiger partial charge on any atom is 0.257 e. The molecule has 2 aliphatic heterocycles. The van der Waals surface area contributed by atoms with Gasteiger partial charge in [-0.3, -0.25) is 14.4 Å². The van der Waals surface area contributed by atoms with E-state index in [-0.39, 0.29) is 31.6 Å². The van der Waals surface area contributed by atoms with Crippen LogP contribution < -0.4 is 19.1 Å². The van der Waals surface area contributed by atoms with E-state index in [0.717, 1.165) is 10.5 Å². The molecule has 8 heteroatoms. The van der Waals surface area contributed by atoms with Gasteiger partial charge in [-0.25, -0.2) is 4.90 Å². The molecule has 0 saturated carbocycles. The maximum atomic E-state index is 13.7. The number of ether oxygens (including phenoxy) is 3. The second-order valence-corrected chi connectivity index (χ2v) is 7.98. The molecule has 2 heterocycles. The second kappa shape index (κ2) is 8.90. The number of benzene rings is 3. The number of hydrogen-bond donors (Lipinski definition) is 0.